The molecule has 0 spiro atoms. The number of carbonyl (C=O) groups is 1. The minimum atomic E-state index is -0.157. The first-order valence-electron chi connectivity index (χ1n) is 11.4. The van der Waals surface area contributed by atoms with Crippen LogP contribution in [-0.2, 0) is 4.79 Å². The Kier molecular flexibility index (Phi) is 6.28. The lowest BCUT2D eigenvalue weighted by atomic mass is 9.96. The van der Waals surface area contributed by atoms with Gasteiger partial charge in [0.1, 0.15) is 12.7 Å². The number of nitrogens with one attached hydrogen (secondary N) is 2. The number of hydrogen-bond acceptors (Lipinski definition) is 5. The fourth-order valence-corrected chi connectivity index (χ4v) is 5.01. The molecule has 0 unspecified atom stereocenters. The third-order valence-electron chi connectivity index (χ3n) is 6.23. The number of aromatic nitrogens is 5. The number of hydrogen-bond donors (Lipinski definition) is 2. The third-order valence-corrected chi connectivity index (χ3v) is 6.58. The Balaban J connectivity index is 1.46. The van der Waals surface area contributed by atoms with Crippen LogP contribution in [0.5, 0.6) is 0 Å². The van der Waals surface area contributed by atoms with Crippen LogP contribution in [0.25, 0.3) is 0 Å². The lowest BCUT2D eigenvalue weighted by molar-refractivity contribution is -0.116. The van der Waals surface area contributed by atoms with Crippen LogP contribution >= 0.6 is 12.2 Å². The molecule has 0 aliphatic carbocycles. The van der Waals surface area contributed by atoms with E-state index >= 15 is 0 Å². The molecule has 0 saturated carbocycles. The summed E-state index contributed by atoms with van der Waals surface area (Å²) < 4.78 is 3.91. The monoisotopic (exact) mass is 486 g/mol. The van der Waals surface area contributed by atoms with E-state index in [9.17, 15) is 4.79 Å². The van der Waals surface area contributed by atoms with Crippen molar-refractivity contribution in [2.75, 3.05) is 11.9 Å². The van der Waals surface area contributed by atoms with Crippen molar-refractivity contribution in [2.24, 2.45) is 0 Å². The third kappa shape index (κ3) is 4.52. The molecule has 0 radical (unpaired) electrons. The zero-order chi connectivity index (χ0) is 24.4. The van der Waals surface area contributed by atoms with Crippen molar-refractivity contribution in [3.63, 3.8) is 0 Å². The standard InChI is InChI=1S/C25H26N8OS/c1-17-14-20(18(2)33(17)31-15-27-28-16-31)24-23(21-10-6-7-12-26-21)30-25(35)32(24)13-11-22(34)29-19-8-4-3-5-9-19/h3-10,12,14-16,23-24H,11,13H2,1-2H3,(H,29,34)(H,30,35)/t23-,24-/m0/s1. The molecule has 4 aromatic rings. The van der Waals surface area contributed by atoms with Gasteiger partial charge in [0.2, 0.25) is 5.91 Å². The van der Waals surface area contributed by atoms with Gasteiger partial charge < -0.3 is 15.5 Å². The first-order valence-corrected chi connectivity index (χ1v) is 11.8. The normalized spacial score (nSPS) is 17.4. The number of anilines is 1. The Morgan fingerprint density at radius 3 is 2.54 bits per heavy atom. The van der Waals surface area contributed by atoms with Crippen molar-refractivity contribution < 1.29 is 4.79 Å². The summed E-state index contributed by atoms with van der Waals surface area (Å²) in [4.78, 5) is 19.4. The molecule has 178 valence electrons. The van der Waals surface area contributed by atoms with Crippen LogP contribution in [0.1, 0.15) is 41.1 Å². The molecule has 9 nitrogen and oxygen atoms in total. The van der Waals surface area contributed by atoms with Crippen molar-refractivity contribution in [3.05, 3.63) is 96.1 Å². The molecule has 5 rings (SSSR count). The molecule has 2 atom stereocenters. The van der Waals surface area contributed by atoms with E-state index in [1.54, 1.807) is 18.9 Å². The van der Waals surface area contributed by atoms with Crippen LogP contribution in [0.4, 0.5) is 5.69 Å². The van der Waals surface area contributed by atoms with Crippen LogP contribution in [0.15, 0.2) is 73.4 Å². The van der Waals surface area contributed by atoms with E-state index in [2.05, 4.69) is 48.4 Å². The van der Waals surface area contributed by atoms with E-state index in [1.165, 1.54) is 0 Å². The lowest BCUT2D eigenvalue weighted by Gasteiger charge is -2.28. The zero-order valence-electron chi connectivity index (χ0n) is 19.5. The van der Waals surface area contributed by atoms with Gasteiger partial charge in [-0.25, -0.2) is 4.68 Å². The second-order valence-electron chi connectivity index (χ2n) is 8.46. The van der Waals surface area contributed by atoms with E-state index in [4.69, 9.17) is 12.2 Å². The van der Waals surface area contributed by atoms with Gasteiger partial charge in [-0.3, -0.25) is 14.5 Å². The number of carbonyl (C=O) groups excluding carboxylic acids is 1. The highest BCUT2D eigenvalue weighted by atomic mass is 32.1. The summed E-state index contributed by atoms with van der Waals surface area (Å²) in [5, 5.41) is 14.9. The summed E-state index contributed by atoms with van der Waals surface area (Å²) in [5.41, 5.74) is 4.85. The fraction of sp³-hybridized carbons (Fsp3) is 0.240. The predicted molar refractivity (Wildman–Crippen MR) is 137 cm³/mol. The highest BCUT2D eigenvalue weighted by molar-refractivity contribution is 7.80. The Morgan fingerprint density at radius 2 is 1.83 bits per heavy atom. The first-order chi connectivity index (χ1) is 17.0. The van der Waals surface area contributed by atoms with E-state index in [-0.39, 0.29) is 18.0 Å². The van der Waals surface area contributed by atoms with E-state index in [0.29, 0.717) is 18.1 Å². The van der Waals surface area contributed by atoms with Gasteiger partial charge in [0.25, 0.3) is 0 Å². The molecule has 2 N–H and O–H groups in total. The van der Waals surface area contributed by atoms with Crippen LogP contribution < -0.4 is 10.6 Å². The van der Waals surface area contributed by atoms with Crippen LogP contribution in [0.3, 0.4) is 0 Å². The van der Waals surface area contributed by atoms with Crippen LogP contribution in [-0.4, -0.2) is 47.0 Å². The minimum Gasteiger partial charge on any atom is -0.352 e. The molecule has 0 bridgehead atoms. The number of para-hydroxylation sites is 1. The van der Waals surface area contributed by atoms with Crippen LogP contribution in [0, 0.1) is 13.8 Å². The van der Waals surface area contributed by atoms with Gasteiger partial charge in [-0.15, -0.1) is 10.2 Å². The molecule has 1 aromatic carbocycles. The number of aryl methyl sites for hydroxylation is 1. The summed E-state index contributed by atoms with van der Waals surface area (Å²) >= 11 is 5.76. The molecule has 1 amide bonds. The maximum Gasteiger partial charge on any atom is 0.226 e. The van der Waals surface area contributed by atoms with Crippen molar-refractivity contribution in [1.82, 2.24) is 34.8 Å². The Bertz CT molecular complexity index is 1320. The second kappa shape index (κ2) is 9.67. The highest BCUT2D eigenvalue weighted by Gasteiger charge is 2.41. The maximum absolute atomic E-state index is 12.7. The number of thiocarbonyl (C=S) groups is 1. The molecule has 1 aliphatic rings. The molecule has 1 saturated heterocycles. The molecule has 4 heterocycles. The van der Waals surface area contributed by atoms with Crippen molar-refractivity contribution >= 4 is 28.9 Å². The van der Waals surface area contributed by atoms with E-state index in [1.807, 2.05) is 60.1 Å². The molecule has 3 aromatic heterocycles. The average Bonchev–Trinajstić information content (AvgIpc) is 3.57. The van der Waals surface area contributed by atoms with Crippen molar-refractivity contribution in [2.45, 2.75) is 32.4 Å². The number of rotatable bonds is 7. The molecule has 1 fully saturated rings. The topological polar surface area (TPSA) is 92.9 Å². The summed E-state index contributed by atoms with van der Waals surface area (Å²) in [6.45, 7) is 4.58. The largest absolute Gasteiger partial charge is 0.352 e. The zero-order valence-corrected chi connectivity index (χ0v) is 20.3. The van der Waals surface area contributed by atoms with Gasteiger partial charge in [-0.2, -0.15) is 0 Å². The van der Waals surface area contributed by atoms with Crippen molar-refractivity contribution in [1.29, 1.82) is 0 Å². The Morgan fingerprint density at radius 1 is 1.09 bits per heavy atom. The van der Waals surface area contributed by atoms with E-state index < -0.39 is 0 Å². The highest BCUT2D eigenvalue weighted by Crippen LogP contribution is 2.40. The van der Waals surface area contributed by atoms with Gasteiger partial charge in [0.05, 0.1) is 17.8 Å². The summed E-state index contributed by atoms with van der Waals surface area (Å²) in [5.74, 6) is -0.0611. The van der Waals surface area contributed by atoms with Gasteiger partial charge in [-0.05, 0) is 56.4 Å². The summed E-state index contributed by atoms with van der Waals surface area (Å²) in [7, 11) is 0. The smallest absolute Gasteiger partial charge is 0.226 e. The van der Waals surface area contributed by atoms with Crippen LogP contribution in [0.2, 0.25) is 0 Å². The SMILES string of the molecule is Cc1cc([C@H]2[C@H](c3ccccn3)NC(=S)N2CCC(=O)Nc2ccccc2)c(C)n1-n1cnnc1. The number of pyridine rings is 1. The lowest BCUT2D eigenvalue weighted by Crippen LogP contribution is -2.33. The molecular weight excluding hydrogens is 460 g/mol. The van der Waals surface area contributed by atoms with Crippen molar-refractivity contribution in [3.8, 4) is 0 Å². The maximum atomic E-state index is 12.7. The predicted octanol–water partition coefficient (Wildman–Crippen LogP) is 3.40. The average molecular weight is 487 g/mol. The number of amides is 1. The molecular formula is C25H26N8OS. The second-order valence-corrected chi connectivity index (χ2v) is 8.85. The Labute approximate surface area is 208 Å². The molecule has 1 aliphatic heterocycles. The molecule has 10 heteroatoms. The van der Waals surface area contributed by atoms with Gasteiger partial charge in [0.15, 0.2) is 5.11 Å². The number of nitrogens with zero attached hydrogens (tertiary/aromatic N) is 6. The van der Waals surface area contributed by atoms with Gasteiger partial charge >= 0.3 is 0 Å². The summed E-state index contributed by atoms with van der Waals surface area (Å²) in [6, 6.07) is 17.2. The fourth-order valence-electron chi connectivity index (χ4n) is 4.68. The number of benzene rings is 1. The van der Waals surface area contributed by atoms with Gasteiger partial charge in [-0.1, -0.05) is 24.3 Å². The Hall–Kier alpha value is -4.05. The molecule has 35 heavy (non-hydrogen) atoms. The minimum absolute atomic E-state index is 0.0611. The van der Waals surface area contributed by atoms with E-state index in [0.717, 1.165) is 28.3 Å². The first kappa shape index (κ1) is 22.7. The van der Waals surface area contributed by atoms with Gasteiger partial charge in [0, 0.05) is 41.8 Å². The quantitative estimate of drug-likeness (QED) is 0.387. The summed E-state index contributed by atoms with van der Waals surface area (Å²) in [6.07, 6.45) is 5.42.